The van der Waals surface area contributed by atoms with Crippen molar-refractivity contribution in [1.29, 1.82) is 0 Å². The quantitative estimate of drug-likeness (QED) is 0.460. The van der Waals surface area contributed by atoms with Gasteiger partial charge in [0.1, 0.15) is 0 Å². The van der Waals surface area contributed by atoms with Gasteiger partial charge in [0, 0.05) is 12.6 Å². The number of hydrogen-bond acceptors (Lipinski definition) is 2. The lowest BCUT2D eigenvalue weighted by molar-refractivity contribution is 0.243. The van der Waals surface area contributed by atoms with E-state index in [9.17, 15) is 0 Å². The van der Waals surface area contributed by atoms with E-state index in [0.717, 1.165) is 16.6 Å². The summed E-state index contributed by atoms with van der Waals surface area (Å²) in [5.74, 6) is 0. The third-order valence-electron chi connectivity index (χ3n) is 1.98. The van der Waals surface area contributed by atoms with Crippen molar-refractivity contribution in [2.45, 2.75) is 23.4 Å². The standard InChI is InChI=1S/C7H15IN2/c1-3-10(2)5-6-4-7(8)9-6/h6-7,9H,3-5H2,1-2H3. The third kappa shape index (κ3) is 2.36. The number of alkyl halides is 1. The van der Waals surface area contributed by atoms with Gasteiger partial charge in [0.2, 0.25) is 0 Å². The highest BCUT2D eigenvalue weighted by atomic mass is 127. The fraction of sp³-hybridized carbons (Fsp3) is 1.00. The largest absolute Gasteiger partial charge is 0.305 e. The molecular formula is C7H15IN2. The molecule has 60 valence electrons. The maximum absolute atomic E-state index is 3.45. The van der Waals surface area contributed by atoms with Gasteiger partial charge in [-0.15, -0.1) is 0 Å². The summed E-state index contributed by atoms with van der Waals surface area (Å²) in [6, 6.07) is 0.756. The second kappa shape index (κ2) is 3.88. The van der Waals surface area contributed by atoms with Crippen molar-refractivity contribution in [1.82, 2.24) is 10.2 Å². The molecule has 10 heavy (non-hydrogen) atoms. The van der Waals surface area contributed by atoms with Gasteiger partial charge in [0.15, 0.2) is 0 Å². The maximum atomic E-state index is 3.45. The number of nitrogens with zero attached hydrogens (tertiary/aromatic N) is 1. The van der Waals surface area contributed by atoms with Gasteiger partial charge < -0.3 is 10.2 Å². The van der Waals surface area contributed by atoms with Crippen LogP contribution in [0.1, 0.15) is 13.3 Å². The van der Waals surface area contributed by atoms with E-state index < -0.39 is 0 Å². The van der Waals surface area contributed by atoms with Crippen LogP contribution in [0.5, 0.6) is 0 Å². The highest BCUT2D eigenvalue weighted by Gasteiger charge is 2.25. The third-order valence-corrected chi connectivity index (χ3v) is 2.85. The van der Waals surface area contributed by atoms with Crippen LogP contribution in [0.25, 0.3) is 0 Å². The summed E-state index contributed by atoms with van der Waals surface area (Å²) in [6.07, 6.45) is 1.34. The Labute approximate surface area is 76.5 Å². The molecule has 1 rings (SSSR count). The van der Waals surface area contributed by atoms with Crippen molar-refractivity contribution in [2.24, 2.45) is 0 Å². The minimum Gasteiger partial charge on any atom is -0.305 e. The Morgan fingerprint density at radius 1 is 1.70 bits per heavy atom. The lowest BCUT2D eigenvalue weighted by Gasteiger charge is -2.35. The van der Waals surface area contributed by atoms with E-state index in [0.29, 0.717) is 0 Å². The number of likely N-dealkylation sites (N-methyl/N-ethyl adjacent to an activating group) is 1. The zero-order valence-corrected chi connectivity index (χ0v) is 8.76. The SMILES string of the molecule is CCN(C)CC1CC(I)N1. The first-order valence-electron chi connectivity index (χ1n) is 3.81. The summed E-state index contributed by atoms with van der Waals surface area (Å²) in [4.78, 5) is 2.35. The lowest BCUT2D eigenvalue weighted by atomic mass is 10.1. The Morgan fingerprint density at radius 2 is 2.30 bits per heavy atom. The molecule has 0 aromatic rings. The summed E-state index contributed by atoms with van der Waals surface area (Å²) in [5.41, 5.74) is 0. The molecule has 1 fully saturated rings. The minimum absolute atomic E-state index is 0.729. The van der Waals surface area contributed by atoms with E-state index in [1.54, 1.807) is 0 Å². The first kappa shape index (κ1) is 8.74. The Kier molecular flexibility index (Phi) is 3.39. The van der Waals surface area contributed by atoms with Crippen LogP contribution < -0.4 is 5.32 Å². The van der Waals surface area contributed by atoms with E-state index in [2.05, 4.69) is 46.8 Å². The van der Waals surface area contributed by atoms with E-state index in [-0.39, 0.29) is 0 Å². The molecule has 1 N–H and O–H groups in total. The smallest absolute Gasteiger partial charge is 0.0611 e. The van der Waals surface area contributed by atoms with Crippen LogP contribution in [0.2, 0.25) is 0 Å². The van der Waals surface area contributed by atoms with Crippen LogP contribution in [-0.2, 0) is 0 Å². The van der Waals surface area contributed by atoms with Gasteiger partial charge >= 0.3 is 0 Å². The van der Waals surface area contributed by atoms with Crippen LogP contribution in [0.3, 0.4) is 0 Å². The maximum Gasteiger partial charge on any atom is 0.0611 e. The molecule has 0 aromatic heterocycles. The molecule has 0 aliphatic carbocycles. The Balaban J connectivity index is 2.04. The molecule has 0 aromatic carbocycles. The minimum atomic E-state index is 0.729. The number of nitrogens with one attached hydrogen (secondary N) is 1. The second-order valence-corrected chi connectivity index (χ2v) is 4.43. The number of halogens is 1. The van der Waals surface area contributed by atoms with Crippen molar-refractivity contribution >= 4 is 22.6 Å². The van der Waals surface area contributed by atoms with Crippen molar-refractivity contribution in [2.75, 3.05) is 20.1 Å². The van der Waals surface area contributed by atoms with Crippen LogP contribution >= 0.6 is 22.6 Å². The lowest BCUT2D eigenvalue weighted by Crippen LogP contribution is -2.53. The van der Waals surface area contributed by atoms with Gasteiger partial charge in [-0.2, -0.15) is 0 Å². The van der Waals surface area contributed by atoms with Crippen LogP contribution in [0.4, 0.5) is 0 Å². The Hall–Kier alpha value is 0.650. The van der Waals surface area contributed by atoms with Crippen LogP contribution in [0.15, 0.2) is 0 Å². The van der Waals surface area contributed by atoms with Crippen molar-refractivity contribution in [3.63, 3.8) is 0 Å². The number of rotatable bonds is 3. The second-order valence-electron chi connectivity index (χ2n) is 2.92. The Morgan fingerprint density at radius 3 is 2.70 bits per heavy atom. The average molecular weight is 254 g/mol. The topological polar surface area (TPSA) is 15.3 Å². The van der Waals surface area contributed by atoms with E-state index in [1.807, 2.05) is 0 Å². The molecule has 0 bridgehead atoms. The molecule has 0 amide bonds. The van der Waals surface area contributed by atoms with E-state index in [4.69, 9.17) is 0 Å². The van der Waals surface area contributed by atoms with Crippen LogP contribution in [-0.4, -0.2) is 35.1 Å². The molecule has 1 heterocycles. The van der Waals surface area contributed by atoms with Crippen molar-refractivity contribution < 1.29 is 0 Å². The van der Waals surface area contributed by atoms with Crippen molar-refractivity contribution in [3.8, 4) is 0 Å². The molecule has 1 aliphatic heterocycles. The van der Waals surface area contributed by atoms with Gasteiger partial charge in [0.05, 0.1) is 4.05 Å². The normalized spacial score (nSPS) is 32.4. The van der Waals surface area contributed by atoms with Gasteiger partial charge in [-0.3, -0.25) is 0 Å². The summed E-state index contributed by atoms with van der Waals surface area (Å²) >= 11 is 2.44. The highest BCUT2D eigenvalue weighted by Crippen LogP contribution is 2.17. The molecule has 2 atom stereocenters. The molecule has 2 nitrogen and oxygen atoms in total. The summed E-state index contributed by atoms with van der Waals surface area (Å²) < 4.78 is 0.729. The molecule has 0 saturated carbocycles. The highest BCUT2D eigenvalue weighted by molar-refractivity contribution is 14.1. The van der Waals surface area contributed by atoms with Gasteiger partial charge in [-0.25, -0.2) is 0 Å². The molecule has 0 spiro atoms. The predicted octanol–water partition coefficient (Wildman–Crippen LogP) is 1.06. The van der Waals surface area contributed by atoms with Gasteiger partial charge in [0.25, 0.3) is 0 Å². The number of hydrogen-bond donors (Lipinski definition) is 1. The first-order chi connectivity index (χ1) is 4.72. The predicted molar refractivity (Wildman–Crippen MR) is 52.5 cm³/mol. The molecule has 3 heteroatoms. The van der Waals surface area contributed by atoms with Crippen LogP contribution in [0, 0.1) is 0 Å². The van der Waals surface area contributed by atoms with E-state index in [1.165, 1.54) is 13.0 Å². The first-order valence-corrected chi connectivity index (χ1v) is 5.05. The average Bonchev–Trinajstić information content (AvgIpc) is 1.84. The Bertz CT molecular complexity index is 102. The molecule has 1 aliphatic rings. The molecule has 1 saturated heterocycles. The fourth-order valence-electron chi connectivity index (χ4n) is 1.11. The zero-order valence-electron chi connectivity index (χ0n) is 6.60. The van der Waals surface area contributed by atoms with E-state index >= 15 is 0 Å². The molecule has 0 radical (unpaired) electrons. The molecule has 2 unspecified atom stereocenters. The molecular weight excluding hydrogens is 239 g/mol. The summed E-state index contributed by atoms with van der Waals surface area (Å²) in [5, 5.41) is 3.45. The van der Waals surface area contributed by atoms with Gasteiger partial charge in [-0.1, -0.05) is 29.5 Å². The fourth-order valence-corrected chi connectivity index (χ4v) is 2.24. The monoisotopic (exact) mass is 254 g/mol. The summed E-state index contributed by atoms with van der Waals surface area (Å²) in [6.45, 7) is 4.56. The van der Waals surface area contributed by atoms with Gasteiger partial charge in [-0.05, 0) is 20.0 Å². The summed E-state index contributed by atoms with van der Waals surface area (Å²) in [7, 11) is 2.17. The van der Waals surface area contributed by atoms with Crippen molar-refractivity contribution in [3.05, 3.63) is 0 Å². The zero-order chi connectivity index (χ0) is 7.56.